The predicted molar refractivity (Wildman–Crippen MR) is 62.5 cm³/mol. The van der Waals surface area contributed by atoms with Gasteiger partial charge in [-0.25, -0.2) is 4.79 Å². The van der Waals surface area contributed by atoms with Gasteiger partial charge in [-0.15, -0.1) is 0 Å². The van der Waals surface area contributed by atoms with Gasteiger partial charge in [0.15, 0.2) is 6.23 Å². The molecule has 3 nitrogen and oxygen atoms in total. The summed E-state index contributed by atoms with van der Waals surface area (Å²) >= 11 is 0. The second kappa shape index (κ2) is 6.62. The zero-order valence-electron chi connectivity index (χ0n) is 10.5. The van der Waals surface area contributed by atoms with Crippen molar-refractivity contribution in [3.05, 3.63) is 12.2 Å². The summed E-state index contributed by atoms with van der Waals surface area (Å²) in [5, 5.41) is 0. The van der Waals surface area contributed by atoms with Crippen molar-refractivity contribution in [2.45, 2.75) is 39.8 Å². The van der Waals surface area contributed by atoms with E-state index in [9.17, 15) is 4.79 Å². The Morgan fingerprint density at radius 2 is 1.80 bits per heavy atom. The minimum Gasteiger partial charge on any atom is -0.443 e. The van der Waals surface area contributed by atoms with E-state index in [0.29, 0.717) is 11.5 Å². The lowest BCUT2D eigenvalue weighted by Crippen LogP contribution is -2.39. The summed E-state index contributed by atoms with van der Waals surface area (Å²) in [4.78, 5) is 13.4. The van der Waals surface area contributed by atoms with E-state index in [1.165, 1.54) is 0 Å². The largest absolute Gasteiger partial charge is 0.443 e. The number of carbonyl (C=O) groups excluding carboxylic acids is 1. The molecule has 0 heterocycles. The Hall–Kier alpha value is -0.830. The fraction of sp³-hybridized carbons (Fsp3) is 0.750. The first kappa shape index (κ1) is 14.2. The van der Waals surface area contributed by atoms with E-state index in [0.717, 1.165) is 12.8 Å². The van der Waals surface area contributed by atoms with Gasteiger partial charge >= 0.3 is 5.97 Å². The monoisotopic (exact) mass is 213 g/mol. The molecule has 0 saturated heterocycles. The quantitative estimate of drug-likeness (QED) is 0.385. The van der Waals surface area contributed by atoms with E-state index >= 15 is 0 Å². The number of hydrogen-bond acceptors (Lipinski definition) is 3. The van der Waals surface area contributed by atoms with Crippen LogP contribution in [0, 0.1) is 5.92 Å². The van der Waals surface area contributed by atoms with Crippen LogP contribution in [-0.2, 0) is 9.53 Å². The second-order valence-electron chi connectivity index (χ2n) is 4.12. The molecule has 0 spiro atoms. The summed E-state index contributed by atoms with van der Waals surface area (Å²) < 4.78 is 5.40. The molecule has 0 aliphatic carbocycles. The first-order valence-corrected chi connectivity index (χ1v) is 5.46. The van der Waals surface area contributed by atoms with Gasteiger partial charge in [0.2, 0.25) is 0 Å². The number of esters is 1. The first-order chi connectivity index (χ1) is 6.93. The van der Waals surface area contributed by atoms with Crippen LogP contribution >= 0.6 is 0 Å². The maximum atomic E-state index is 11.4. The van der Waals surface area contributed by atoms with Crippen molar-refractivity contribution < 1.29 is 9.53 Å². The van der Waals surface area contributed by atoms with Crippen molar-refractivity contribution in [1.29, 1.82) is 0 Å². The molecule has 0 aliphatic rings. The Balaban J connectivity index is 4.53. The van der Waals surface area contributed by atoms with Gasteiger partial charge in [0.05, 0.1) is 0 Å². The van der Waals surface area contributed by atoms with Crippen molar-refractivity contribution in [3.63, 3.8) is 0 Å². The minimum absolute atomic E-state index is 0.149. The molecule has 0 N–H and O–H groups in total. The van der Waals surface area contributed by atoms with E-state index in [1.807, 2.05) is 19.0 Å². The molecular weight excluding hydrogens is 190 g/mol. The highest BCUT2D eigenvalue weighted by atomic mass is 16.6. The third-order valence-electron chi connectivity index (χ3n) is 2.54. The molecule has 0 rings (SSSR count). The van der Waals surface area contributed by atoms with Crippen LogP contribution < -0.4 is 0 Å². The molecule has 1 unspecified atom stereocenters. The fourth-order valence-electron chi connectivity index (χ4n) is 1.53. The second-order valence-corrected chi connectivity index (χ2v) is 4.12. The lowest BCUT2D eigenvalue weighted by atomic mass is 10.0. The summed E-state index contributed by atoms with van der Waals surface area (Å²) in [6, 6.07) is 0. The van der Waals surface area contributed by atoms with Gasteiger partial charge in [-0.05, 0) is 33.9 Å². The highest BCUT2D eigenvalue weighted by Gasteiger charge is 2.24. The van der Waals surface area contributed by atoms with Crippen LogP contribution in [0.3, 0.4) is 0 Å². The highest BCUT2D eigenvalue weighted by Crippen LogP contribution is 2.18. The average molecular weight is 213 g/mol. The lowest BCUT2D eigenvalue weighted by molar-refractivity contribution is -0.157. The maximum Gasteiger partial charge on any atom is 0.334 e. The zero-order chi connectivity index (χ0) is 12.0. The third-order valence-corrected chi connectivity index (χ3v) is 2.54. The molecule has 0 saturated carbocycles. The number of nitrogens with zero attached hydrogens (tertiary/aromatic N) is 1. The van der Waals surface area contributed by atoms with Crippen LogP contribution in [0.15, 0.2) is 12.2 Å². The molecule has 0 radical (unpaired) electrons. The smallest absolute Gasteiger partial charge is 0.334 e. The van der Waals surface area contributed by atoms with Gasteiger partial charge in [-0.1, -0.05) is 20.4 Å². The lowest BCUT2D eigenvalue weighted by Gasteiger charge is -2.30. The Morgan fingerprint density at radius 1 is 1.33 bits per heavy atom. The minimum atomic E-state index is -0.305. The predicted octanol–water partition coefficient (Wildman–Crippen LogP) is 2.43. The first-order valence-electron chi connectivity index (χ1n) is 5.46. The summed E-state index contributed by atoms with van der Waals surface area (Å²) in [5.74, 6) is 0.0731. The Morgan fingerprint density at radius 3 is 2.07 bits per heavy atom. The molecule has 0 aliphatic heterocycles. The average Bonchev–Trinajstić information content (AvgIpc) is 2.17. The Labute approximate surface area is 93.1 Å². The van der Waals surface area contributed by atoms with Crippen LogP contribution in [0.4, 0.5) is 0 Å². The number of carbonyl (C=O) groups is 1. The molecule has 0 amide bonds. The summed E-state index contributed by atoms with van der Waals surface area (Å²) in [6.45, 7) is 9.47. The van der Waals surface area contributed by atoms with E-state index in [2.05, 4.69) is 20.4 Å². The fourth-order valence-corrected chi connectivity index (χ4v) is 1.53. The summed E-state index contributed by atoms with van der Waals surface area (Å²) in [6.07, 6.45) is 1.86. The number of hydrogen-bond donors (Lipinski definition) is 0. The third kappa shape index (κ3) is 4.47. The summed E-state index contributed by atoms with van der Waals surface area (Å²) in [5.41, 5.74) is 0.452. The van der Waals surface area contributed by atoms with Crippen molar-refractivity contribution >= 4 is 5.97 Å². The van der Waals surface area contributed by atoms with Crippen LogP contribution in [0.2, 0.25) is 0 Å². The van der Waals surface area contributed by atoms with Crippen molar-refractivity contribution in [1.82, 2.24) is 4.90 Å². The molecule has 0 aromatic heterocycles. The Kier molecular flexibility index (Phi) is 6.25. The maximum absolute atomic E-state index is 11.4. The zero-order valence-corrected chi connectivity index (χ0v) is 10.5. The standard InChI is InChI=1S/C12H23NO2/c1-7-10(8-2)11(13(5)6)15-12(14)9(3)4/h10-11H,3,7-8H2,1-2,4-6H3. The molecule has 15 heavy (non-hydrogen) atoms. The van der Waals surface area contributed by atoms with Crippen molar-refractivity contribution in [2.24, 2.45) is 5.92 Å². The normalized spacial score (nSPS) is 13.0. The number of rotatable bonds is 6. The SMILES string of the molecule is C=C(C)C(=O)OC(C(CC)CC)N(C)C. The molecular formula is C12H23NO2. The van der Waals surface area contributed by atoms with E-state index in [1.54, 1.807) is 6.92 Å². The van der Waals surface area contributed by atoms with Crippen molar-refractivity contribution in [2.75, 3.05) is 14.1 Å². The molecule has 0 fully saturated rings. The van der Waals surface area contributed by atoms with Gasteiger partial charge in [0.1, 0.15) is 0 Å². The van der Waals surface area contributed by atoms with Crippen molar-refractivity contribution in [3.8, 4) is 0 Å². The molecule has 0 aromatic carbocycles. The van der Waals surface area contributed by atoms with Crippen LogP contribution in [0.25, 0.3) is 0 Å². The van der Waals surface area contributed by atoms with Gasteiger partial charge in [-0.2, -0.15) is 0 Å². The number of ether oxygens (including phenoxy) is 1. The van der Waals surface area contributed by atoms with Gasteiger partial charge in [0.25, 0.3) is 0 Å². The molecule has 0 aromatic rings. The van der Waals surface area contributed by atoms with Crippen LogP contribution in [0.1, 0.15) is 33.6 Å². The molecule has 0 bridgehead atoms. The highest BCUT2D eigenvalue weighted by molar-refractivity contribution is 5.87. The van der Waals surface area contributed by atoms with Crippen LogP contribution in [-0.4, -0.2) is 31.2 Å². The van der Waals surface area contributed by atoms with Crippen LogP contribution in [0.5, 0.6) is 0 Å². The van der Waals surface area contributed by atoms with Gasteiger partial charge < -0.3 is 4.74 Å². The van der Waals surface area contributed by atoms with E-state index in [-0.39, 0.29) is 12.2 Å². The molecule has 1 atom stereocenters. The van der Waals surface area contributed by atoms with Gasteiger partial charge in [0, 0.05) is 11.5 Å². The molecule has 3 heteroatoms. The Bertz CT molecular complexity index is 220. The van der Waals surface area contributed by atoms with E-state index in [4.69, 9.17) is 4.74 Å². The summed E-state index contributed by atoms with van der Waals surface area (Å²) in [7, 11) is 3.85. The topological polar surface area (TPSA) is 29.5 Å². The van der Waals surface area contributed by atoms with E-state index < -0.39 is 0 Å². The van der Waals surface area contributed by atoms with Gasteiger partial charge in [-0.3, -0.25) is 4.90 Å². The molecule has 88 valence electrons.